The Morgan fingerprint density at radius 1 is 0.929 bits per heavy atom. The van der Waals surface area contributed by atoms with Gasteiger partial charge in [0.1, 0.15) is 0 Å². The summed E-state index contributed by atoms with van der Waals surface area (Å²) in [7, 11) is 0. The maximum absolute atomic E-state index is 3.36. The van der Waals surface area contributed by atoms with Gasteiger partial charge in [-0.05, 0) is 25.2 Å². The largest absolute Gasteiger partial charge is 0.238 e. The third-order valence-electron chi connectivity index (χ3n) is 3.58. The quantitative estimate of drug-likeness (QED) is 0.504. The highest BCUT2D eigenvalue weighted by Crippen LogP contribution is 2.37. The SMILES string of the molecule is CC1NNC(C2(C)CCCCC2)NN1. The molecule has 0 amide bonds. The molecule has 0 aromatic heterocycles. The predicted molar refractivity (Wildman–Crippen MR) is 57.0 cm³/mol. The molecule has 1 heterocycles. The van der Waals surface area contributed by atoms with Crippen LogP contribution in [0.1, 0.15) is 46.0 Å². The van der Waals surface area contributed by atoms with Gasteiger partial charge in [-0.1, -0.05) is 26.2 Å². The summed E-state index contributed by atoms with van der Waals surface area (Å²) in [6.45, 7) is 4.45. The van der Waals surface area contributed by atoms with Crippen molar-refractivity contribution < 1.29 is 0 Å². The van der Waals surface area contributed by atoms with Gasteiger partial charge in [-0.15, -0.1) is 0 Å². The van der Waals surface area contributed by atoms with Crippen LogP contribution in [0.25, 0.3) is 0 Å². The van der Waals surface area contributed by atoms with Crippen LogP contribution in [0.4, 0.5) is 0 Å². The highest BCUT2D eigenvalue weighted by atomic mass is 15.6. The van der Waals surface area contributed by atoms with Crippen LogP contribution in [0.3, 0.4) is 0 Å². The normalized spacial score (nSPS) is 38.1. The zero-order valence-corrected chi connectivity index (χ0v) is 9.19. The van der Waals surface area contributed by atoms with Crippen molar-refractivity contribution in [3.8, 4) is 0 Å². The molecule has 4 N–H and O–H groups in total. The van der Waals surface area contributed by atoms with Gasteiger partial charge in [0.15, 0.2) is 0 Å². The van der Waals surface area contributed by atoms with Gasteiger partial charge in [0.05, 0.1) is 12.3 Å². The molecule has 0 bridgehead atoms. The molecule has 0 aromatic rings. The van der Waals surface area contributed by atoms with Crippen LogP contribution in [0.5, 0.6) is 0 Å². The molecule has 2 fully saturated rings. The summed E-state index contributed by atoms with van der Waals surface area (Å²) in [6, 6.07) is 0. The van der Waals surface area contributed by atoms with Crippen LogP contribution in [-0.4, -0.2) is 12.3 Å². The van der Waals surface area contributed by atoms with E-state index in [1.54, 1.807) is 0 Å². The molecule has 14 heavy (non-hydrogen) atoms. The number of hydrazine groups is 2. The fraction of sp³-hybridized carbons (Fsp3) is 1.00. The van der Waals surface area contributed by atoms with Gasteiger partial charge in [-0.3, -0.25) is 0 Å². The Balaban J connectivity index is 1.92. The van der Waals surface area contributed by atoms with Gasteiger partial charge in [-0.2, -0.15) is 0 Å². The van der Waals surface area contributed by atoms with Crippen LogP contribution < -0.4 is 21.7 Å². The minimum atomic E-state index is 0.290. The Bertz CT molecular complexity index is 181. The van der Waals surface area contributed by atoms with Crippen molar-refractivity contribution in [3.05, 3.63) is 0 Å². The first-order valence-corrected chi connectivity index (χ1v) is 5.73. The van der Waals surface area contributed by atoms with Crippen molar-refractivity contribution in [2.45, 2.75) is 58.3 Å². The summed E-state index contributed by atoms with van der Waals surface area (Å²) in [4.78, 5) is 0. The van der Waals surface area contributed by atoms with Gasteiger partial charge in [-0.25, -0.2) is 21.7 Å². The monoisotopic (exact) mass is 198 g/mol. The second-order valence-corrected chi connectivity index (χ2v) is 4.95. The first-order valence-electron chi connectivity index (χ1n) is 5.73. The number of rotatable bonds is 1. The molecule has 2 aliphatic rings. The van der Waals surface area contributed by atoms with Crippen molar-refractivity contribution >= 4 is 0 Å². The second kappa shape index (κ2) is 4.14. The number of hydrogen-bond donors (Lipinski definition) is 4. The highest BCUT2D eigenvalue weighted by Gasteiger charge is 2.36. The van der Waals surface area contributed by atoms with Gasteiger partial charge in [0, 0.05) is 0 Å². The Labute approximate surface area is 86.2 Å². The van der Waals surface area contributed by atoms with E-state index < -0.39 is 0 Å². The van der Waals surface area contributed by atoms with E-state index in [0.29, 0.717) is 17.7 Å². The molecule has 1 aliphatic heterocycles. The first-order chi connectivity index (χ1) is 6.71. The second-order valence-electron chi connectivity index (χ2n) is 4.95. The van der Waals surface area contributed by atoms with Gasteiger partial charge < -0.3 is 0 Å². The van der Waals surface area contributed by atoms with Crippen molar-refractivity contribution in [3.63, 3.8) is 0 Å². The summed E-state index contributed by atoms with van der Waals surface area (Å²) >= 11 is 0. The predicted octanol–water partition coefficient (Wildman–Crippen LogP) is 0.831. The standard InChI is InChI=1S/C10H22N4/c1-8-11-13-9(14-12-8)10(2)6-4-3-5-7-10/h8-9,11-14H,3-7H2,1-2H3. The molecule has 1 aliphatic carbocycles. The third kappa shape index (κ3) is 2.08. The Hall–Kier alpha value is -0.160. The lowest BCUT2D eigenvalue weighted by molar-refractivity contribution is 0.0583. The van der Waals surface area contributed by atoms with Gasteiger partial charge >= 0.3 is 0 Å². The van der Waals surface area contributed by atoms with E-state index in [1.165, 1.54) is 32.1 Å². The molecule has 82 valence electrons. The fourth-order valence-corrected chi connectivity index (χ4v) is 2.49. The van der Waals surface area contributed by atoms with Gasteiger partial charge in [0.2, 0.25) is 0 Å². The fourth-order valence-electron chi connectivity index (χ4n) is 2.49. The molecule has 0 atom stereocenters. The van der Waals surface area contributed by atoms with E-state index in [4.69, 9.17) is 0 Å². The molecule has 1 saturated carbocycles. The van der Waals surface area contributed by atoms with Crippen LogP contribution in [0, 0.1) is 5.41 Å². The highest BCUT2D eigenvalue weighted by molar-refractivity contribution is 4.88. The maximum Gasteiger partial charge on any atom is 0.0886 e. The third-order valence-corrected chi connectivity index (χ3v) is 3.58. The zero-order valence-electron chi connectivity index (χ0n) is 9.19. The molecular formula is C10H22N4. The summed E-state index contributed by atoms with van der Waals surface area (Å²) in [5.74, 6) is 0. The van der Waals surface area contributed by atoms with E-state index in [-0.39, 0.29) is 0 Å². The van der Waals surface area contributed by atoms with Crippen LogP contribution in [0.15, 0.2) is 0 Å². The first kappa shape index (κ1) is 10.4. The molecule has 0 spiro atoms. The van der Waals surface area contributed by atoms with Crippen LogP contribution in [-0.2, 0) is 0 Å². The average Bonchev–Trinajstić information content (AvgIpc) is 2.19. The summed E-state index contributed by atoms with van der Waals surface area (Å²) in [5.41, 5.74) is 13.6. The van der Waals surface area contributed by atoms with E-state index in [1.807, 2.05) is 0 Å². The smallest absolute Gasteiger partial charge is 0.0886 e. The lowest BCUT2D eigenvalue weighted by Gasteiger charge is -2.45. The molecule has 4 nitrogen and oxygen atoms in total. The van der Waals surface area contributed by atoms with E-state index in [9.17, 15) is 0 Å². The lowest BCUT2D eigenvalue weighted by atomic mass is 9.73. The van der Waals surface area contributed by atoms with Crippen molar-refractivity contribution in [2.75, 3.05) is 0 Å². The molecule has 1 saturated heterocycles. The Kier molecular flexibility index (Phi) is 3.07. The van der Waals surface area contributed by atoms with E-state index in [2.05, 4.69) is 35.6 Å². The van der Waals surface area contributed by atoms with E-state index >= 15 is 0 Å². The maximum atomic E-state index is 3.36. The van der Waals surface area contributed by atoms with Gasteiger partial charge in [0.25, 0.3) is 0 Å². The molecule has 0 radical (unpaired) electrons. The minimum absolute atomic E-state index is 0.290. The minimum Gasteiger partial charge on any atom is -0.238 e. The van der Waals surface area contributed by atoms with Crippen LogP contribution in [0.2, 0.25) is 0 Å². The molecule has 2 rings (SSSR count). The van der Waals surface area contributed by atoms with Crippen molar-refractivity contribution in [2.24, 2.45) is 5.41 Å². The molecule has 0 unspecified atom stereocenters. The topological polar surface area (TPSA) is 48.1 Å². The molecule has 4 heteroatoms. The summed E-state index contributed by atoms with van der Waals surface area (Å²) in [6.07, 6.45) is 7.40. The zero-order chi connectivity index (χ0) is 10.0. The average molecular weight is 198 g/mol. The molecular weight excluding hydrogens is 176 g/mol. The summed E-state index contributed by atoms with van der Waals surface area (Å²) in [5, 5.41) is 0. The number of nitrogens with one attached hydrogen (secondary N) is 4. The Morgan fingerprint density at radius 3 is 2.07 bits per heavy atom. The van der Waals surface area contributed by atoms with Crippen molar-refractivity contribution in [1.29, 1.82) is 0 Å². The van der Waals surface area contributed by atoms with Crippen molar-refractivity contribution in [1.82, 2.24) is 21.7 Å². The van der Waals surface area contributed by atoms with Crippen LogP contribution >= 0.6 is 0 Å². The Morgan fingerprint density at radius 2 is 1.50 bits per heavy atom. The van der Waals surface area contributed by atoms with E-state index in [0.717, 1.165) is 0 Å². The summed E-state index contributed by atoms with van der Waals surface area (Å²) < 4.78 is 0. The lowest BCUT2D eigenvalue weighted by Crippen LogP contribution is -2.71. The number of hydrogen-bond acceptors (Lipinski definition) is 4. The molecule has 0 aromatic carbocycles.